The van der Waals surface area contributed by atoms with E-state index in [9.17, 15) is 18.0 Å². The molecule has 0 spiro atoms. The number of carbonyl (C=O) groups excluding carboxylic acids is 1. The van der Waals surface area contributed by atoms with E-state index in [0.29, 0.717) is 18.0 Å². The van der Waals surface area contributed by atoms with Gasteiger partial charge in [0.15, 0.2) is 11.6 Å². The number of amides is 1. The van der Waals surface area contributed by atoms with Crippen molar-refractivity contribution in [2.75, 3.05) is 18.0 Å². The molecule has 0 aliphatic carbocycles. The first kappa shape index (κ1) is 18.5. The molecule has 0 radical (unpaired) electrons. The van der Waals surface area contributed by atoms with E-state index < -0.39 is 23.8 Å². The first-order valence-electron chi connectivity index (χ1n) is 8.55. The van der Waals surface area contributed by atoms with Crippen molar-refractivity contribution in [3.05, 3.63) is 23.8 Å². The van der Waals surface area contributed by atoms with E-state index in [-0.39, 0.29) is 37.0 Å². The molecule has 9 heteroatoms. The lowest BCUT2D eigenvalue weighted by Gasteiger charge is -2.34. The zero-order valence-corrected chi connectivity index (χ0v) is 14.7. The monoisotopic (exact) mass is 369 g/mol. The number of nitrogens with one attached hydrogen (secondary N) is 1. The van der Waals surface area contributed by atoms with E-state index in [1.165, 1.54) is 4.57 Å². The van der Waals surface area contributed by atoms with Crippen LogP contribution in [0.4, 0.5) is 19.1 Å². The summed E-state index contributed by atoms with van der Waals surface area (Å²) in [5.74, 6) is -1.96. The van der Waals surface area contributed by atoms with Crippen LogP contribution in [0.15, 0.2) is 12.1 Å². The van der Waals surface area contributed by atoms with Crippen LogP contribution in [0, 0.1) is 11.6 Å². The topological polar surface area (TPSA) is 76.2 Å². The molecular weight excluding hydrogens is 347 g/mol. The van der Waals surface area contributed by atoms with Gasteiger partial charge in [-0.1, -0.05) is 0 Å². The fourth-order valence-corrected chi connectivity index (χ4v) is 3.15. The minimum atomic E-state index is -1.11. The van der Waals surface area contributed by atoms with Gasteiger partial charge in [0, 0.05) is 31.3 Å². The fourth-order valence-electron chi connectivity index (χ4n) is 3.15. The quantitative estimate of drug-likeness (QED) is 0.860. The Balaban J connectivity index is 2.03. The van der Waals surface area contributed by atoms with Crippen molar-refractivity contribution in [3.8, 4) is 0 Å². The lowest BCUT2D eigenvalue weighted by molar-refractivity contribution is -0.122. The third-order valence-electron chi connectivity index (χ3n) is 4.37. The lowest BCUT2D eigenvalue weighted by Crippen LogP contribution is -2.50. The summed E-state index contributed by atoms with van der Waals surface area (Å²) in [5.41, 5.74) is 6.34. The highest BCUT2D eigenvalue weighted by Gasteiger charge is 2.30. The summed E-state index contributed by atoms with van der Waals surface area (Å²) in [5, 5.41) is 2.76. The molecule has 6 nitrogen and oxygen atoms in total. The minimum Gasteiger partial charge on any atom is -0.352 e. The Bertz CT molecular complexity index is 822. The van der Waals surface area contributed by atoms with Gasteiger partial charge in [-0.25, -0.2) is 18.2 Å². The van der Waals surface area contributed by atoms with E-state index in [2.05, 4.69) is 10.3 Å². The molecule has 2 aromatic rings. The summed E-state index contributed by atoms with van der Waals surface area (Å²) in [4.78, 5) is 18.3. The van der Waals surface area contributed by atoms with Gasteiger partial charge in [-0.3, -0.25) is 4.79 Å². The summed E-state index contributed by atoms with van der Waals surface area (Å²) in [6.07, 6.45) is -0.881. The number of anilines is 1. The van der Waals surface area contributed by atoms with E-state index in [0.717, 1.165) is 12.1 Å². The highest BCUT2D eigenvalue weighted by molar-refractivity contribution is 5.83. The summed E-state index contributed by atoms with van der Waals surface area (Å²) in [7, 11) is 0. The predicted octanol–water partition coefficient (Wildman–Crippen LogP) is 1.71. The summed E-state index contributed by atoms with van der Waals surface area (Å²) >= 11 is 0. The third kappa shape index (κ3) is 3.62. The number of halogens is 3. The highest BCUT2D eigenvalue weighted by atomic mass is 19.2. The van der Waals surface area contributed by atoms with Crippen molar-refractivity contribution in [2.45, 2.75) is 45.1 Å². The second kappa shape index (κ2) is 7.14. The van der Waals surface area contributed by atoms with Crippen molar-refractivity contribution in [2.24, 2.45) is 5.73 Å². The molecule has 0 saturated carbocycles. The number of benzene rings is 1. The fraction of sp³-hybridized carbons (Fsp3) is 0.529. The molecule has 142 valence electrons. The molecule has 2 atom stereocenters. The third-order valence-corrected chi connectivity index (χ3v) is 4.37. The van der Waals surface area contributed by atoms with Crippen molar-refractivity contribution in [1.82, 2.24) is 14.9 Å². The van der Waals surface area contributed by atoms with Gasteiger partial charge < -0.3 is 20.5 Å². The number of fused-ring (bicyclic) bond motifs is 1. The molecule has 1 aromatic heterocycles. The first-order chi connectivity index (χ1) is 12.3. The van der Waals surface area contributed by atoms with Gasteiger partial charge in [0.25, 0.3) is 0 Å². The molecule has 1 aromatic carbocycles. The van der Waals surface area contributed by atoms with Crippen LogP contribution in [0.2, 0.25) is 0 Å². The van der Waals surface area contributed by atoms with Crippen LogP contribution in [-0.2, 0) is 11.3 Å². The standard InChI is InChI=1S/C17H22F3N5O/c1-9(2)22-16(26)8-25-15-6-12(20)11(19)5-14(15)23-17(25)24-4-3-10(18)13(21)7-24/h5-6,9-10,13H,3-4,7-8,21H2,1-2H3,(H,22,26)/t10-,13-/m1/s1. The Labute approximate surface area is 149 Å². The number of alkyl halides is 1. The maximum atomic E-state index is 13.7. The average Bonchev–Trinajstić information content (AvgIpc) is 2.87. The molecule has 3 N–H and O–H groups in total. The molecule has 26 heavy (non-hydrogen) atoms. The van der Waals surface area contributed by atoms with E-state index in [1.54, 1.807) is 4.90 Å². The Morgan fingerprint density at radius 3 is 2.73 bits per heavy atom. The van der Waals surface area contributed by atoms with Gasteiger partial charge in [0.2, 0.25) is 11.9 Å². The Morgan fingerprint density at radius 2 is 2.08 bits per heavy atom. The summed E-state index contributed by atoms with van der Waals surface area (Å²) < 4.78 is 42.5. The second-order valence-electron chi connectivity index (χ2n) is 6.89. The smallest absolute Gasteiger partial charge is 0.240 e. The maximum Gasteiger partial charge on any atom is 0.240 e. The highest BCUT2D eigenvalue weighted by Crippen LogP contribution is 2.27. The average molecular weight is 369 g/mol. The SMILES string of the molecule is CC(C)NC(=O)Cn1c(N2CC[C@@H](F)[C@H](N)C2)nc2cc(F)c(F)cc21. The molecule has 0 unspecified atom stereocenters. The van der Waals surface area contributed by atoms with Gasteiger partial charge in [-0.05, 0) is 20.3 Å². The number of piperidine rings is 1. The Kier molecular flexibility index (Phi) is 5.08. The molecular formula is C17H22F3N5O. The van der Waals surface area contributed by atoms with E-state index >= 15 is 0 Å². The van der Waals surface area contributed by atoms with Crippen LogP contribution in [0.5, 0.6) is 0 Å². The molecule has 1 fully saturated rings. The van der Waals surface area contributed by atoms with Gasteiger partial charge in [0.05, 0.1) is 17.1 Å². The van der Waals surface area contributed by atoms with Crippen LogP contribution in [0.3, 0.4) is 0 Å². The number of rotatable bonds is 4. The van der Waals surface area contributed by atoms with Crippen molar-refractivity contribution < 1.29 is 18.0 Å². The van der Waals surface area contributed by atoms with Crippen molar-refractivity contribution in [3.63, 3.8) is 0 Å². The van der Waals surface area contributed by atoms with Crippen LogP contribution in [0.25, 0.3) is 11.0 Å². The predicted molar refractivity (Wildman–Crippen MR) is 92.6 cm³/mol. The molecule has 0 bridgehead atoms. The van der Waals surface area contributed by atoms with E-state index in [4.69, 9.17) is 5.73 Å². The number of nitrogens with two attached hydrogens (primary N) is 1. The number of hydrogen-bond donors (Lipinski definition) is 2. The molecule has 1 amide bonds. The second-order valence-corrected chi connectivity index (χ2v) is 6.89. The Hall–Kier alpha value is -2.29. The van der Waals surface area contributed by atoms with Crippen molar-refractivity contribution >= 4 is 22.9 Å². The van der Waals surface area contributed by atoms with Gasteiger partial charge in [0.1, 0.15) is 12.7 Å². The zero-order valence-electron chi connectivity index (χ0n) is 14.7. The zero-order chi connectivity index (χ0) is 19.0. The molecule has 1 saturated heterocycles. The number of hydrogen-bond acceptors (Lipinski definition) is 4. The number of aromatic nitrogens is 2. The van der Waals surface area contributed by atoms with Crippen LogP contribution in [0.1, 0.15) is 20.3 Å². The normalized spacial score (nSPS) is 20.8. The van der Waals surface area contributed by atoms with Gasteiger partial charge in [-0.2, -0.15) is 0 Å². The molecule has 2 heterocycles. The van der Waals surface area contributed by atoms with Crippen LogP contribution in [-0.4, -0.2) is 46.8 Å². The van der Waals surface area contributed by atoms with Crippen LogP contribution < -0.4 is 16.0 Å². The minimum absolute atomic E-state index is 0.0642. The molecule has 3 rings (SSSR count). The summed E-state index contributed by atoms with van der Waals surface area (Å²) in [6, 6.07) is 1.26. The lowest BCUT2D eigenvalue weighted by atomic mass is 10.1. The Morgan fingerprint density at radius 1 is 1.38 bits per heavy atom. The molecule has 1 aliphatic rings. The largest absolute Gasteiger partial charge is 0.352 e. The van der Waals surface area contributed by atoms with Gasteiger partial charge in [-0.15, -0.1) is 0 Å². The van der Waals surface area contributed by atoms with Crippen molar-refractivity contribution in [1.29, 1.82) is 0 Å². The summed E-state index contributed by atoms with van der Waals surface area (Å²) in [6.45, 7) is 4.10. The number of nitrogens with zero attached hydrogens (tertiary/aromatic N) is 3. The molecule has 1 aliphatic heterocycles. The first-order valence-corrected chi connectivity index (χ1v) is 8.55. The van der Waals surface area contributed by atoms with Crippen LogP contribution >= 0.6 is 0 Å². The van der Waals surface area contributed by atoms with E-state index in [1.807, 2.05) is 13.8 Å². The van der Waals surface area contributed by atoms with Gasteiger partial charge >= 0.3 is 0 Å². The maximum absolute atomic E-state index is 13.7. The number of carbonyl (C=O) groups is 1. The number of imidazole rings is 1.